The minimum Gasteiger partial charge on any atom is -0.300 e. The van der Waals surface area contributed by atoms with Crippen LogP contribution in [0.2, 0.25) is 0 Å². The number of aryl methyl sites for hydroxylation is 2. The van der Waals surface area contributed by atoms with Crippen LogP contribution >= 0.6 is 0 Å². The highest BCUT2D eigenvalue weighted by atomic mass is 16.1. The summed E-state index contributed by atoms with van der Waals surface area (Å²) in [6, 6.07) is 4.01. The van der Waals surface area contributed by atoms with Gasteiger partial charge in [-0.25, -0.2) is 0 Å². The second-order valence-electron chi connectivity index (χ2n) is 3.15. The Morgan fingerprint density at radius 2 is 2.00 bits per heavy atom. The Balaban J connectivity index is 2.32. The van der Waals surface area contributed by atoms with Gasteiger partial charge in [0.15, 0.2) is 0 Å². The lowest BCUT2D eigenvalue weighted by atomic mass is 10.1. The van der Waals surface area contributed by atoms with Crippen LogP contribution in [0.3, 0.4) is 0 Å². The topological polar surface area (TPSA) is 30.0 Å². The van der Waals surface area contributed by atoms with E-state index in [1.807, 2.05) is 6.07 Å². The van der Waals surface area contributed by atoms with Gasteiger partial charge < -0.3 is 0 Å². The van der Waals surface area contributed by atoms with Gasteiger partial charge in [-0.05, 0) is 24.5 Å². The molecule has 0 N–H and O–H groups in total. The van der Waals surface area contributed by atoms with Crippen LogP contribution in [0.5, 0.6) is 0 Å². The molecule has 1 aromatic rings. The van der Waals surface area contributed by atoms with E-state index in [2.05, 4.69) is 11.1 Å². The SMILES string of the molecule is O=C1CCc2cccnc2CC1. The largest absolute Gasteiger partial charge is 0.300 e. The van der Waals surface area contributed by atoms with Gasteiger partial charge in [0.2, 0.25) is 0 Å². The highest BCUT2D eigenvalue weighted by molar-refractivity contribution is 5.79. The van der Waals surface area contributed by atoms with E-state index < -0.39 is 0 Å². The Morgan fingerprint density at radius 3 is 2.92 bits per heavy atom. The van der Waals surface area contributed by atoms with E-state index >= 15 is 0 Å². The first-order valence-electron chi connectivity index (χ1n) is 4.31. The van der Waals surface area contributed by atoms with E-state index in [0.717, 1.165) is 18.5 Å². The average molecular weight is 161 g/mol. The van der Waals surface area contributed by atoms with Crippen LogP contribution in [-0.4, -0.2) is 10.8 Å². The number of carbonyl (C=O) groups excluding carboxylic acids is 1. The Morgan fingerprint density at radius 1 is 1.17 bits per heavy atom. The molecule has 0 amide bonds. The molecule has 0 fully saturated rings. The first kappa shape index (κ1) is 7.47. The summed E-state index contributed by atoms with van der Waals surface area (Å²) in [6.45, 7) is 0. The van der Waals surface area contributed by atoms with Crippen molar-refractivity contribution in [3.8, 4) is 0 Å². The first-order valence-corrected chi connectivity index (χ1v) is 4.31. The molecule has 0 saturated carbocycles. The van der Waals surface area contributed by atoms with Crippen LogP contribution in [0.25, 0.3) is 0 Å². The van der Waals surface area contributed by atoms with Gasteiger partial charge in [-0.15, -0.1) is 0 Å². The van der Waals surface area contributed by atoms with E-state index in [0.29, 0.717) is 18.6 Å². The van der Waals surface area contributed by atoms with Crippen molar-refractivity contribution < 1.29 is 4.79 Å². The van der Waals surface area contributed by atoms with Crippen molar-refractivity contribution in [1.82, 2.24) is 4.98 Å². The van der Waals surface area contributed by atoms with E-state index in [9.17, 15) is 4.79 Å². The van der Waals surface area contributed by atoms with Crippen molar-refractivity contribution in [3.63, 3.8) is 0 Å². The minimum absolute atomic E-state index is 0.369. The highest BCUT2D eigenvalue weighted by Gasteiger charge is 2.12. The zero-order chi connectivity index (χ0) is 8.39. The summed E-state index contributed by atoms with van der Waals surface area (Å²) in [5, 5.41) is 0. The molecule has 0 bridgehead atoms. The number of Topliss-reactive ketones (excluding diaryl/α,β-unsaturated/α-hetero) is 1. The molecular weight excluding hydrogens is 150 g/mol. The summed E-state index contributed by atoms with van der Waals surface area (Å²) in [5.74, 6) is 0.369. The molecular formula is C10H11NO. The van der Waals surface area contributed by atoms with Gasteiger partial charge in [0.05, 0.1) is 0 Å². The predicted molar refractivity (Wildman–Crippen MR) is 45.9 cm³/mol. The predicted octanol–water partition coefficient (Wildman–Crippen LogP) is 1.53. The molecule has 62 valence electrons. The zero-order valence-electron chi connectivity index (χ0n) is 6.92. The number of pyridine rings is 1. The summed E-state index contributed by atoms with van der Waals surface area (Å²) in [6.07, 6.45) is 4.87. The van der Waals surface area contributed by atoms with Crippen molar-refractivity contribution in [2.45, 2.75) is 25.7 Å². The van der Waals surface area contributed by atoms with Crippen molar-refractivity contribution in [2.24, 2.45) is 0 Å². The molecule has 0 spiro atoms. The molecule has 2 heteroatoms. The van der Waals surface area contributed by atoms with Crippen LogP contribution in [0, 0.1) is 0 Å². The van der Waals surface area contributed by atoms with Crippen LogP contribution in [0.1, 0.15) is 24.1 Å². The Bertz CT molecular complexity index is 277. The Kier molecular flexibility index (Phi) is 1.90. The lowest BCUT2D eigenvalue weighted by Crippen LogP contribution is -1.95. The van der Waals surface area contributed by atoms with Crippen molar-refractivity contribution in [2.75, 3.05) is 0 Å². The van der Waals surface area contributed by atoms with Gasteiger partial charge in [-0.1, -0.05) is 6.07 Å². The summed E-state index contributed by atoms with van der Waals surface area (Å²) in [5.41, 5.74) is 2.37. The second-order valence-corrected chi connectivity index (χ2v) is 3.15. The zero-order valence-corrected chi connectivity index (χ0v) is 6.92. The average Bonchev–Trinajstić information content (AvgIpc) is 2.29. The fraction of sp³-hybridized carbons (Fsp3) is 0.400. The number of hydrogen-bond donors (Lipinski definition) is 0. The van der Waals surface area contributed by atoms with E-state index in [-0.39, 0.29) is 0 Å². The number of aromatic nitrogens is 1. The molecule has 0 aliphatic heterocycles. The van der Waals surface area contributed by atoms with Gasteiger partial charge in [-0.2, -0.15) is 0 Å². The number of fused-ring (bicyclic) bond motifs is 1. The van der Waals surface area contributed by atoms with E-state index in [1.165, 1.54) is 5.56 Å². The van der Waals surface area contributed by atoms with Gasteiger partial charge in [-0.3, -0.25) is 9.78 Å². The third-order valence-electron chi connectivity index (χ3n) is 2.30. The smallest absolute Gasteiger partial charge is 0.133 e. The molecule has 1 aromatic heterocycles. The summed E-state index contributed by atoms with van der Waals surface area (Å²) >= 11 is 0. The van der Waals surface area contributed by atoms with Crippen LogP contribution < -0.4 is 0 Å². The second kappa shape index (κ2) is 3.05. The fourth-order valence-electron chi connectivity index (χ4n) is 1.58. The number of nitrogens with zero attached hydrogens (tertiary/aromatic N) is 1. The summed E-state index contributed by atoms with van der Waals surface area (Å²) < 4.78 is 0. The third kappa shape index (κ3) is 1.37. The molecule has 0 aromatic carbocycles. The maximum absolute atomic E-state index is 11.1. The normalized spacial score (nSPS) is 16.8. The van der Waals surface area contributed by atoms with Crippen LogP contribution in [-0.2, 0) is 17.6 Å². The first-order chi connectivity index (χ1) is 5.86. The molecule has 1 aliphatic rings. The number of ketones is 1. The van der Waals surface area contributed by atoms with Gasteiger partial charge in [0, 0.05) is 24.7 Å². The highest BCUT2D eigenvalue weighted by Crippen LogP contribution is 2.15. The summed E-state index contributed by atoms with van der Waals surface area (Å²) in [7, 11) is 0. The molecule has 0 radical (unpaired) electrons. The monoisotopic (exact) mass is 161 g/mol. The van der Waals surface area contributed by atoms with Gasteiger partial charge >= 0.3 is 0 Å². The van der Waals surface area contributed by atoms with Crippen LogP contribution in [0.15, 0.2) is 18.3 Å². The molecule has 0 atom stereocenters. The van der Waals surface area contributed by atoms with Gasteiger partial charge in [0.25, 0.3) is 0 Å². The molecule has 2 nitrogen and oxygen atoms in total. The lowest BCUT2D eigenvalue weighted by molar-refractivity contribution is -0.118. The standard InChI is InChI=1S/C10H11NO/c12-9-4-3-8-2-1-7-11-10(8)6-5-9/h1-2,7H,3-6H2. The van der Waals surface area contributed by atoms with E-state index in [4.69, 9.17) is 0 Å². The molecule has 2 rings (SSSR count). The van der Waals surface area contributed by atoms with Crippen molar-refractivity contribution >= 4 is 5.78 Å². The quantitative estimate of drug-likeness (QED) is 0.540. The van der Waals surface area contributed by atoms with Crippen LogP contribution in [0.4, 0.5) is 0 Å². The number of hydrogen-bond acceptors (Lipinski definition) is 2. The lowest BCUT2D eigenvalue weighted by Gasteiger charge is -2.00. The van der Waals surface area contributed by atoms with Crippen molar-refractivity contribution in [3.05, 3.63) is 29.6 Å². The number of rotatable bonds is 0. The van der Waals surface area contributed by atoms with E-state index in [1.54, 1.807) is 6.20 Å². The Labute approximate surface area is 71.6 Å². The third-order valence-corrected chi connectivity index (χ3v) is 2.30. The molecule has 0 unspecified atom stereocenters. The van der Waals surface area contributed by atoms with Crippen molar-refractivity contribution in [1.29, 1.82) is 0 Å². The molecule has 0 saturated heterocycles. The maximum atomic E-state index is 11.1. The Hall–Kier alpha value is -1.18. The molecule has 1 aliphatic carbocycles. The molecule has 1 heterocycles. The molecule has 12 heavy (non-hydrogen) atoms. The summed E-state index contributed by atoms with van der Waals surface area (Å²) in [4.78, 5) is 15.4. The fourth-order valence-corrected chi connectivity index (χ4v) is 1.58. The number of carbonyl (C=O) groups is 1. The minimum atomic E-state index is 0.369. The van der Waals surface area contributed by atoms with Gasteiger partial charge in [0.1, 0.15) is 5.78 Å². The maximum Gasteiger partial charge on any atom is 0.133 e.